The SMILES string of the molecule is CCOC(=O)C[C@@H]1O[C@H](n2cc(F)c(=O)[nH]c2=O)[C@@H](Br)[C@@H]1C(=O)OCC. The number of carbonyl (C=O) groups is 2. The summed E-state index contributed by atoms with van der Waals surface area (Å²) < 4.78 is 29.9. The molecule has 0 bridgehead atoms. The molecule has 0 spiro atoms. The summed E-state index contributed by atoms with van der Waals surface area (Å²) in [6.45, 7) is 3.52. The lowest BCUT2D eigenvalue weighted by Crippen LogP contribution is -2.37. The third kappa shape index (κ3) is 4.21. The minimum Gasteiger partial charge on any atom is -0.466 e. The predicted octanol–water partition coefficient (Wildman–Crippen LogP) is 0.469. The third-order valence-corrected chi connectivity index (χ3v) is 4.78. The number of halogens is 2. The van der Waals surface area contributed by atoms with Gasteiger partial charge in [0, 0.05) is 0 Å². The maximum absolute atomic E-state index is 13.6. The molecule has 4 atom stereocenters. The van der Waals surface area contributed by atoms with E-state index in [-0.39, 0.29) is 19.6 Å². The second-order valence-electron chi connectivity index (χ2n) is 5.44. The molecule has 1 aromatic rings. The molecule has 26 heavy (non-hydrogen) atoms. The van der Waals surface area contributed by atoms with Crippen molar-refractivity contribution in [1.82, 2.24) is 9.55 Å². The Morgan fingerprint density at radius 3 is 2.58 bits per heavy atom. The van der Waals surface area contributed by atoms with E-state index in [1.165, 1.54) is 0 Å². The van der Waals surface area contributed by atoms with Gasteiger partial charge >= 0.3 is 17.6 Å². The van der Waals surface area contributed by atoms with E-state index in [4.69, 9.17) is 14.2 Å². The molecule has 0 aliphatic carbocycles. The zero-order valence-corrected chi connectivity index (χ0v) is 15.7. The van der Waals surface area contributed by atoms with Crippen LogP contribution in [0.3, 0.4) is 0 Å². The maximum atomic E-state index is 13.6. The lowest BCUT2D eigenvalue weighted by Gasteiger charge is -2.18. The Labute approximate surface area is 155 Å². The van der Waals surface area contributed by atoms with Crippen LogP contribution in [-0.2, 0) is 23.8 Å². The van der Waals surface area contributed by atoms with Gasteiger partial charge in [-0.2, -0.15) is 4.39 Å². The van der Waals surface area contributed by atoms with Crippen LogP contribution in [0.1, 0.15) is 26.5 Å². The van der Waals surface area contributed by atoms with Crippen molar-refractivity contribution in [3.8, 4) is 0 Å². The molecule has 1 aliphatic heterocycles. The van der Waals surface area contributed by atoms with Crippen LogP contribution in [0.4, 0.5) is 4.39 Å². The fraction of sp³-hybridized carbons (Fsp3) is 0.600. The van der Waals surface area contributed by atoms with Crippen molar-refractivity contribution in [2.24, 2.45) is 5.92 Å². The summed E-state index contributed by atoms with van der Waals surface area (Å²) in [6, 6.07) is 0. The average Bonchev–Trinajstić information content (AvgIpc) is 2.87. The van der Waals surface area contributed by atoms with Crippen molar-refractivity contribution in [2.75, 3.05) is 13.2 Å². The largest absolute Gasteiger partial charge is 0.466 e. The van der Waals surface area contributed by atoms with E-state index in [0.717, 1.165) is 4.57 Å². The molecule has 2 rings (SSSR count). The Morgan fingerprint density at radius 2 is 1.96 bits per heavy atom. The van der Waals surface area contributed by atoms with E-state index in [1.807, 2.05) is 4.98 Å². The topological polar surface area (TPSA) is 117 Å². The summed E-state index contributed by atoms with van der Waals surface area (Å²) in [7, 11) is 0. The number of aromatic amines is 1. The lowest BCUT2D eigenvalue weighted by molar-refractivity contribution is -0.153. The van der Waals surface area contributed by atoms with Crippen LogP contribution in [0.5, 0.6) is 0 Å². The van der Waals surface area contributed by atoms with Crippen LogP contribution in [0, 0.1) is 11.7 Å². The zero-order chi connectivity index (χ0) is 19.4. The number of alkyl halides is 1. The normalized spacial score (nSPS) is 25.1. The Bertz CT molecular complexity index is 793. The number of esters is 2. The maximum Gasteiger partial charge on any atom is 0.330 e. The van der Waals surface area contributed by atoms with Gasteiger partial charge in [-0.15, -0.1) is 0 Å². The molecule has 0 amide bonds. The van der Waals surface area contributed by atoms with Gasteiger partial charge in [0.05, 0.1) is 36.8 Å². The molecule has 1 saturated heterocycles. The molecule has 1 aromatic heterocycles. The smallest absolute Gasteiger partial charge is 0.330 e. The van der Waals surface area contributed by atoms with E-state index < -0.39 is 52.1 Å². The summed E-state index contributed by atoms with van der Waals surface area (Å²) in [5, 5.41) is 0. The van der Waals surface area contributed by atoms with Crippen LogP contribution in [0.15, 0.2) is 15.8 Å². The average molecular weight is 437 g/mol. The van der Waals surface area contributed by atoms with Gasteiger partial charge in [-0.1, -0.05) is 15.9 Å². The first-order valence-electron chi connectivity index (χ1n) is 7.92. The van der Waals surface area contributed by atoms with Crippen molar-refractivity contribution in [3.63, 3.8) is 0 Å². The second kappa shape index (κ2) is 8.58. The van der Waals surface area contributed by atoms with E-state index in [1.54, 1.807) is 13.8 Å². The van der Waals surface area contributed by atoms with E-state index in [0.29, 0.717) is 6.20 Å². The van der Waals surface area contributed by atoms with Gasteiger partial charge in [-0.25, -0.2) is 4.79 Å². The summed E-state index contributed by atoms with van der Waals surface area (Å²) in [6.07, 6.45) is -1.65. The lowest BCUT2D eigenvalue weighted by atomic mass is 9.98. The minimum absolute atomic E-state index is 0.110. The highest BCUT2D eigenvalue weighted by atomic mass is 79.9. The molecule has 0 saturated carbocycles. The fourth-order valence-electron chi connectivity index (χ4n) is 2.67. The number of nitrogens with one attached hydrogen (secondary N) is 1. The number of hydrogen-bond donors (Lipinski definition) is 1. The highest BCUT2D eigenvalue weighted by molar-refractivity contribution is 9.09. The van der Waals surface area contributed by atoms with Gasteiger partial charge < -0.3 is 14.2 Å². The number of H-pyrrole nitrogens is 1. The van der Waals surface area contributed by atoms with Gasteiger partial charge in [0.25, 0.3) is 5.56 Å². The van der Waals surface area contributed by atoms with Crippen LogP contribution >= 0.6 is 15.9 Å². The standard InChI is InChI=1S/C15H18BrFN2O7/c1-3-24-9(20)5-8-10(14(22)25-4-2)11(16)13(26-8)19-6-7(17)12(21)18-15(19)23/h6,8,10-11,13H,3-5H2,1-2H3,(H,18,21,23)/t8-,10+,11-,13-/m0/s1. The Morgan fingerprint density at radius 1 is 1.31 bits per heavy atom. The van der Waals surface area contributed by atoms with Gasteiger partial charge in [-0.05, 0) is 13.8 Å². The first-order chi connectivity index (χ1) is 12.3. The Balaban J connectivity index is 2.36. The Hall–Kier alpha value is -2.01. The predicted molar refractivity (Wildman–Crippen MR) is 89.3 cm³/mol. The molecule has 1 N–H and O–H groups in total. The molecule has 1 aliphatic rings. The van der Waals surface area contributed by atoms with Crippen LogP contribution in [0.2, 0.25) is 0 Å². The fourth-order valence-corrected chi connectivity index (χ4v) is 3.61. The molecule has 9 nitrogen and oxygen atoms in total. The molecule has 11 heteroatoms. The van der Waals surface area contributed by atoms with Gasteiger partial charge in [0.15, 0.2) is 6.23 Å². The summed E-state index contributed by atoms with van der Waals surface area (Å²) in [5.41, 5.74) is -2.08. The second-order valence-corrected chi connectivity index (χ2v) is 6.50. The molecule has 0 radical (unpaired) electrons. The van der Waals surface area contributed by atoms with Gasteiger partial charge in [-0.3, -0.25) is 23.9 Å². The molecule has 0 unspecified atom stereocenters. The summed E-state index contributed by atoms with van der Waals surface area (Å²) in [4.78, 5) is 48.3. The molecular weight excluding hydrogens is 419 g/mol. The molecule has 1 fully saturated rings. The van der Waals surface area contributed by atoms with Crippen molar-refractivity contribution in [1.29, 1.82) is 0 Å². The number of ether oxygens (including phenoxy) is 3. The quantitative estimate of drug-likeness (QED) is 0.508. The van der Waals surface area contributed by atoms with Crippen molar-refractivity contribution < 1.29 is 28.2 Å². The number of rotatable bonds is 6. The molecule has 144 valence electrons. The van der Waals surface area contributed by atoms with Crippen molar-refractivity contribution in [2.45, 2.75) is 37.4 Å². The monoisotopic (exact) mass is 436 g/mol. The van der Waals surface area contributed by atoms with Crippen LogP contribution in [0.25, 0.3) is 0 Å². The summed E-state index contributed by atoms with van der Waals surface area (Å²) in [5.74, 6) is -3.35. The molecule has 0 aromatic carbocycles. The van der Waals surface area contributed by atoms with Crippen LogP contribution < -0.4 is 11.2 Å². The Kier molecular flexibility index (Phi) is 6.70. The highest BCUT2D eigenvalue weighted by Crippen LogP contribution is 2.40. The molecule has 2 heterocycles. The molecular formula is C15H18BrFN2O7. The van der Waals surface area contributed by atoms with Crippen LogP contribution in [-0.4, -0.2) is 45.6 Å². The van der Waals surface area contributed by atoms with Gasteiger partial charge in [0.1, 0.15) is 5.92 Å². The number of hydrogen-bond acceptors (Lipinski definition) is 7. The van der Waals surface area contributed by atoms with Crippen molar-refractivity contribution in [3.05, 3.63) is 32.9 Å². The van der Waals surface area contributed by atoms with Crippen molar-refractivity contribution >= 4 is 27.9 Å². The number of carbonyl (C=O) groups excluding carboxylic acids is 2. The highest BCUT2D eigenvalue weighted by Gasteiger charge is 2.50. The van der Waals surface area contributed by atoms with E-state index in [2.05, 4.69) is 15.9 Å². The first-order valence-corrected chi connectivity index (χ1v) is 8.84. The van der Waals surface area contributed by atoms with E-state index in [9.17, 15) is 23.6 Å². The minimum atomic E-state index is -1.19. The van der Waals surface area contributed by atoms with Gasteiger partial charge in [0.2, 0.25) is 5.82 Å². The number of aromatic nitrogens is 2. The van der Waals surface area contributed by atoms with E-state index >= 15 is 0 Å². The zero-order valence-electron chi connectivity index (χ0n) is 14.1. The first kappa shape index (κ1) is 20.3. The number of nitrogens with zero attached hydrogens (tertiary/aromatic N) is 1. The summed E-state index contributed by atoms with van der Waals surface area (Å²) >= 11 is 3.27. The third-order valence-electron chi connectivity index (χ3n) is 3.76.